The molecule has 0 radical (unpaired) electrons. The number of nitrogens with zero attached hydrogens (tertiary/aromatic N) is 1. The molecule has 24 heavy (non-hydrogen) atoms. The number of benzene rings is 2. The van der Waals surface area contributed by atoms with Gasteiger partial charge in [0.15, 0.2) is 0 Å². The van der Waals surface area contributed by atoms with Crippen molar-refractivity contribution in [2.45, 2.75) is 11.3 Å². The molecule has 1 aliphatic rings. The standard InChI is InChI=1S/C18H18N2O3S/c1-24-14-6-4-5-13(11-14)19-17(21)12-20-15-7-2-3-8-16(15)23-10-9-18(20)22/h2-8,11H,9-10,12H2,1H3,(H,19,21). The van der Waals surface area contributed by atoms with E-state index in [9.17, 15) is 9.59 Å². The Morgan fingerprint density at radius 1 is 1.25 bits per heavy atom. The van der Waals surface area contributed by atoms with Crippen LogP contribution < -0.4 is 15.0 Å². The van der Waals surface area contributed by atoms with E-state index in [2.05, 4.69) is 5.32 Å². The molecule has 2 amide bonds. The fourth-order valence-electron chi connectivity index (χ4n) is 2.54. The Labute approximate surface area is 145 Å². The summed E-state index contributed by atoms with van der Waals surface area (Å²) in [6.45, 7) is 0.284. The Bertz CT molecular complexity index is 763. The number of carbonyl (C=O) groups is 2. The fraction of sp³-hybridized carbons (Fsp3) is 0.222. The largest absolute Gasteiger partial charge is 0.491 e. The van der Waals surface area contributed by atoms with Crippen molar-refractivity contribution in [2.24, 2.45) is 0 Å². The van der Waals surface area contributed by atoms with E-state index in [1.807, 2.05) is 42.7 Å². The number of nitrogens with one attached hydrogen (secondary N) is 1. The van der Waals surface area contributed by atoms with Crippen molar-refractivity contribution in [3.63, 3.8) is 0 Å². The molecule has 0 saturated carbocycles. The topological polar surface area (TPSA) is 58.6 Å². The molecule has 1 aliphatic heterocycles. The molecule has 3 rings (SSSR count). The monoisotopic (exact) mass is 342 g/mol. The molecular weight excluding hydrogens is 324 g/mol. The average Bonchev–Trinajstić information content (AvgIpc) is 2.74. The van der Waals surface area contributed by atoms with Crippen LogP contribution in [0.15, 0.2) is 53.4 Å². The number of hydrogen-bond acceptors (Lipinski definition) is 4. The number of carbonyl (C=O) groups excluding carboxylic acids is 2. The first kappa shape index (κ1) is 16.4. The number of amides is 2. The van der Waals surface area contributed by atoms with Crippen LogP contribution in [0, 0.1) is 0 Å². The van der Waals surface area contributed by atoms with Gasteiger partial charge in [0.05, 0.1) is 18.7 Å². The highest BCUT2D eigenvalue weighted by Crippen LogP contribution is 2.30. The van der Waals surface area contributed by atoms with Crippen LogP contribution in [0.5, 0.6) is 5.75 Å². The maximum absolute atomic E-state index is 12.4. The first-order valence-corrected chi connectivity index (χ1v) is 8.86. The average molecular weight is 342 g/mol. The highest BCUT2D eigenvalue weighted by molar-refractivity contribution is 7.98. The van der Waals surface area contributed by atoms with Gasteiger partial charge in [-0.2, -0.15) is 0 Å². The van der Waals surface area contributed by atoms with Gasteiger partial charge < -0.3 is 10.1 Å². The molecule has 0 aromatic heterocycles. The molecule has 0 saturated heterocycles. The quantitative estimate of drug-likeness (QED) is 0.867. The zero-order valence-corrected chi connectivity index (χ0v) is 14.1. The Kier molecular flexibility index (Phi) is 5.05. The zero-order valence-electron chi connectivity index (χ0n) is 13.3. The minimum Gasteiger partial charge on any atom is -0.491 e. The van der Waals surface area contributed by atoms with Crippen LogP contribution in [0.4, 0.5) is 11.4 Å². The van der Waals surface area contributed by atoms with Gasteiger partial charge in [-0.25, -0.2) is 0 Å². The van der Waals surface area contributed by atoms with Crippen LogP contribution >= 0.6 is 11.8 Å². The molecule has 0 bridgehead atoms. The fourth-order valence-corrected chi connectivity index (χ4v) is 3.00. The van der Waals surface area contributed by atoms with E-state index in [-0.39, 0.29) is 24.8 Å². The number of rotatable bonds is 4. The SMILES string of the molecule is CSc1cccc(NC(=O)CN2C(=O)CCOc3ccccc32)c1. The summed E-state index contributed by atoms with van der Waals surface area (Å²) in [5.74, 6) is 0.270. The van der Waals surface area contributed by atoms with Crippen LogP contribution in [-0.4, -0.2) is 31.2 Å². The Morgan fingerprint density at radius 3 is 2.92 bits per heavy atom. The van der Waals surface area contributed by atoms with Gasteiger partial charge in [-0.1, -0.05) is 18.2 Å². The molecule has 0 unspecified atom stereocenters. The van der Waals surface area contributed by atoms with Crippen molar-refractivity contribution in [3.05, 3.63) is 48.5 Å². The van der Waals surface area contributed by atoms with Gasteiger partial charge in [0, 0.05) is 10.6 Å². The molecule has 5 nitrogen and oxygen atoms in total. The van der Waals surface area contributed by atoms with Crippen molar-refractivity contribution in [2.75, 3.05) is 29.6 Å². The Hall–Kier alpha value is -2.47. The Balaban J connectivity index is 1.76. The lowest BCUT2D eigenvalue weighted by Gasteiger charge is -2.21. The summed E-state index contributed by atoms with van der Waals surface area (Å²) in [4.78, 5) is 27.3. The first-order chi connectivity index (χ1) is 11.7. The summed E-state index contributed by atoms with van der Waals surface area (Å²) < 4.78 is 5.58. The van der Waals surface area contributed by atoms with Crippen molar-refractivity contribution in [3.8, 4) is 5.75 Å². The molecule has 0 atom stereocenters. The molecule has 1 N–H and O–H groups in total. The molecule has 2 aromatic rings. The van der Waals surface area contributed by atoms with Crippen molar-refractivity contribution in [1.82, 2.24) is 0 Å². The first-order valence-electron chi connectivity index (χ1n) is 7.63. The van der Waals surface area contributed by atoms with E-state index in [1.54, 1.807) is 23.9 Å². The third-order valence-corrected chi connectivity index (χ3v) is 4.41. The van der Waals surface area contributed by atoms with Gasteiger partial charge in [0.25, 0.3) is 0 Å². The highest BCUT2D eigenvalue weighted by Gasteiger charge is 2.24. The van der Waals surface area contributed by atoms with Gasteiger partial charge in [0.1, 0.15) is 12.3 Å². The van der Waals surface area contributed by atoms with Gasteiger partial charge in [-0.15, -0.1) is 11.8 Å². The normalized spacial score (nSPS) is 13.7. The molecule has 0 aliphatic carbocycles. The second-order valence-electron chi connectivity index (χ2n) is 5.33. The summed E-state index contributed by atoms with van der Waals surface area (Å²) >= 11 is 1.61. The summed E-state index contributed by atoms with van der Waals surface area (Å²) in [6, 6.07) is 14.9. The second kappa shape index (κ2) is 7.40. The number of para-hydroxylation sites is 2. The summed E-state index contributed by atoms with van der Waals surface area (Å²) in [5, 5.41) is 2.85. The number of ether oxygens (including phenoxy) is 1. The second-order valence-corrected chi connectivity index (χ2v) is 6.21. The van der Waals surface area contributed by atoms with E-state index >= 15 is 0 Å². The predicted octanol–water partition coefficient (Wildman–Crippen LogP) is 3.16. The van der Waals surface area contributed by atoms with Crippen LogP contribution in [0.3, 0.4) is 0 Å². The third-order valence-electron chi connectivity index (χ3n) is 3.69. The van der Waals surface area contributed by atoms with E-state index in [0.717, 1.165) is 10.6 Å². The molecule has 1 heterocycles. The molecule has 0 fully saturated rings. The van der Waals surface area contributed by atoms with Crippen LogP contribution in [-0.2, 0) is 9.59 Å². The molecule has 6 heteroatoms. The summed E-state index contributed by atoms with van der Waals surface area (Å²) in [7, 11) is 0. The number of hydrogen-bond donors (Lipinski definition) is 1. The smallest absolute Gasteiger partial charge is 0.244 e. The van der Waals surface area contributed by atoms with Crippen molar-refractivity contribution < 1.29 is 14.3 Å². The van der Waals surface area contributed by atoms with Gasteiger partial charge in [-0.3, -0.25) is 14.5 Å². The van der Waals surface area contributed by atoms with Crippen LogP contribution in [0.1, 0.15) is 6.42 Å². The lowest BCUT2D eigenvalue weighted by Crippen LogP contribution is -2.37. The number of thioether (sulfide) groups is 1. The van der Waals surface area contributed by atoms with Crippen molar-refractivity contribution >= 4 is 35.0 Å². The van der Waals surface area contributed by atoms with Gasteiger partial charge in [-0.05, 0) is 36.6 Å². The lowest BCUT2D eigenvalue weighted by molar-refractivity contribution is -0.121. The predicted molar refractivity (Wildman–Crippen MR) is 95.8 cm³/mol. The van der Waals surface area contributed by atoms with Gasteiger partial charge >= 0.3 is 0 Å². The minimum atomic E-state index is -0.238. The number of anilines is 2. The summed E-state index contributed by atoms with van der Waals surface area (Å²) in [5.41, 5.74) is 1.35. The van der Waals surface area contributed by atoms with Crippen molar-refractivity contribution in [1.29, 1.82) is 0 Å². The maximum Gasteiger partial charge on any atom is 0.244 e. The zero-order chi connectivity index (χ0) is 16.9. The molecule has 124 valence electrons. The number of fused-ring (bicyclic) bond motifs is 1. The third kappa shape index (κ3) is 3.71. The van der Waals surface area contributed by atoms with E-state index < -0.39 is 0 Å². The maximum atomic E-state index is 12.4. The molecule has 2 aromatic carbocycles. The molecular formula is C18H18N2O3S. The van der Waals surface area contributed by atoms with E-state index in [1.165, 1.54) is 4.90 Å². The molecule has 0 spiro atoms. The summed E-state index contributed by atoms with van der Waals surface area (Å²) in [6.07, 6.45) is 2.23. The Morgan fingerprint density at radius 2 is 2.08 bits per heavy atom. The van der Waals surface area contributed by atoms with E-state index in [0.29, 0.717) is 18.0 Å². The van der Waals surface area contributed by atoms with Crippen LogP contribution in [0.25, 0.3) is 0 Å². The highest BCUT2D eigenvalue weighted by atomic mass is 32.2. The van der Waals surface area contributed by atoms with E-state index in [4.69, 9.17) is 4.74 Å². The minimum absolute atomic E-state index is 0.0390. The van der Waals surface area contributed by atoms with Crippen LogP contribution in [0.2, 0.25) is 0 Å². The lowest BCUT2D eigenvalue weighted by atomic mass is 10.2. The van der Waals surface area contributed by atoms with Gasteiger partial charge in [0.2, 0.25) is 11.8 Å².